The quantitative estimate of drug-likeness (QED) is 0.563. The van der Waals surface area contributed by atoms with E-state index < -0.39 is 0 Å². The second-order valence-electron chi connectivity index (χ2n) is 3.74. The van der Waals surface area contributed by atoms with Crippen molar-refractivity contribution in [3.63, 3.8) is 0 Å². The van der Waals surface area contributed by atoms with Crippen LogP contribution in [-0.2, 0) is 4.74 Å². The Morgan fingerprint density at radius 1 is 1.53 bits per heavy atom. The van der Waals surface area contributed by atoms with Crippen molar-refractivity contribution < 1.29 is 9.53 Å². The minimum absolute atomic E-state index is 0.154. The summed E-state index contributed by atoms with van der Waals surface area (Å²) in [4.78, 5) is 11.5. The summed E-state index contributed by atoms with van der Waals surface area (Å²) in [7, 11) is 0. The number of benzene rings is 1. The predicted molar refractivity (Wildman–Crippen MR) is 57.3 cm³/mol. The normalized spacial score (nSPS) is 20.9. The van der Waals surface area contributed by atoms with Crippen LogP contribution in [0.15, 0.2) is 18.2 Å². The Morgan fingerprint density at radius 2 is 2.27 bits per heavy atom. The molecule has 0 radical (unpaired) electrons. The van der Waals surface area contributed by atoms with Gasteiger partial charge in [0.2, 0.25) is 0 Å². The van der Waals surface area contributed by atoms with Gasteiger partial charge in [0, 0.05) is 17.3 Å². The van der Waals surface area contributed by atoms with Crippen molar-refractivity contribution >= 4 is 11.7 Å². The van der Waals surface area contributed by atoms with E-state index in [1.165, 1.54) is 0 Å². The van der Waals surface area contributed by atoms with Crippen LogP contribution in [-0.4, -0.2) is 12.0 Å². The van der Waals surface area contributed by atoms with Crippen molar-refractivity contribution in [3.8, 4) is 0 Å². The minimum Gasteiger partial charge on any atom is -0.452 e. The van der Waals surface area contributed by atoms with Crippen LogP contribution in [0.4, 0.5) is 5.69 Å². The van der Waals surface area contributed by atoms with Gasteiger partial charge in [0.25, 0.3) is 0 Å². The zero-order valence-electron chi connectivity index (χ0n) is 8.57. The van der Waals surface area contributed by atoms with Gasteiger partial charge in [-0.2, -0.15) is 0 Å². The van der Waals surface area contributed by atoms with Crippen molar-refractivity contribution in [1.82, 2.24) is 0 Å². The van der Waals surface area contributed by atoms with Crippen molar-refractivity contribution in [2.45, 2.75) is 25.5 Å². The molecule has 1 aromatic carbocycles. The Labute approximate surface area is 88.2 Å². The van der Waals surface area contributed by atoms with Crippen LogP contribution >= 0.6 is 0 Å². The van der Waals surface area contributed by atoms with Crippen molar-refractivity contribution in [2.24, 2.45) is 5.73 Å². The summed E-state index contributed by atoms with van der Waals surface area (Å²) >= 11 is 0. The van der Waals surface area contributed by atoms with Crippen LogP contribution in [0.2, 0.25) is 0 Å². The first-order valence-corrected chi connectivity index (χ1v) is 4.99. The Bertz CT molecular complexity index is 404. The highest BCUT2D eigenvalue weighted by atomic mass is 16.5. The molecule has 0 amide bonds. The van der Waals surface area contributed by atoms with E-state index in [-0.39, 0.29) is 18.1 Å². The smallest absolute Gasteiger partial charge is 0.339 e. The molecule has 2 unspecified atom stereocenters. The Hall–Kier alpha value is -1.55. The second kappa shape index (κ2) is 3.55. The third kappa shape index (κ3) is 1.57. The number of hydrogen-bond donors (Lipinski definition) is 2. The molecule has 0 spiro atoms. The molecule has 4 nitrogen and oxygen atoms in total. The Kier molecular flexibility index (Phi) is 2.36. The first-order chi connectivity index (χ1) is 7.13. The number of nitrogens with two attached hydrogens (primary N) is 2. The van der Waals surface area contributed by atoms with Crippen LogP contribution in [0.25, 0.3) is 0 Å². The molecular weight excluding hydrogens is 192 g/mol. The van der Waals surface area contributed by atoms with E-state index in [0.717, 1.165) is 12.0 Å². The van der Waals surface area contributed by atoms with Crippen LogP contribution in [0.3, 0.4) is 0 Å². The van der Waals surface area contributed by atoms with Gasteiger partial charge < -0.3 is 16.2 Å². The lowest BCUT2D eigenvalue weighted by Crippen LogP contribution is -2.27. The average molecular weight is 206 g/mol. The number of anilines is 1. The number of carbonyl (C=O) groups excluding carboxylic acids is 1. The maximum absolute atomic E-state index is 11.5. The maximum atomic E-state index is 11.5. The average Bonchev–Trinajstić information content (AvgIpc) is 2.55. The van der Waals surface area contributed by atoms with E-state index in [0.29, 0.717) is 11.3 Å². The third-order valence-corrected chi connectivity index (χ3v) is 2.70. The molecule has 0 bridgehead atoms. The largest absolute Gasteiger partial charge is 0.452 e. The van der Waals surface area contributed by atoms with Gasteiger partial charge in [-0.3, -0.25) is 0 Å². The first-order valence-electron chi connectivity index (χ1n) is 4.99. The molecule has 4 heteroatoms. The monoisotopic (exact) mass is 206 g/mol. The minimum atomic E-state index is -0.328. The molecule has 1 aliphatic rings. The summed E-state index contributed by atoms with van der Waals surface area (Å²) in [6.07, 6.45) is 0.444. The van der Waals surface area contributed by atoms with Crippen LogP contribution < -0.4 is 11.5 Å². The summed E-state index contributed by atoms with van der Waals surface area (Å²) in [5.74, 6) is -0.328. The summed E-state index contributed by atoms with van der Waals surface area (Å²) in [6, 6.07) is 5.06. The molecule has 1 aliphatic heterocycles. The fourth-order valence-corrected chi connectivity index (χ4v) is 1.77. The van der Waals surface area contributed by atoms with Gasteiger partial charge in [0.05, 0.1) is 5.56 Å². The Balaban J connectivity index is 2.42. The lowest BCUT2D eigenvalue weighted by Gasteiger charge is -2.17. The lowest BCUT2D eigenvalue weighted by molar-refractivity contribution is 0.0326. The van der Waals surface area contributed by atoms with Gasteiger partial charge in [-0.05, 0) is 18.6 Å². The number of esters is 1. The highest BCUT2D eigenvalue weighted by molar-refractivity contribution is 5.95. The van der Waals surface area contributed by atoms with E-state index in [9.17, 15) is 4.79 Å². The van der Waals surface area contributed by atoms with Gasteiger partial charge >= 0.3 is 5.97 Å². The number of rotatable bonds is 2. The molecule has 0 saturated heterocycles. The highest BCUT2D eigenvalue weighted by Crippen LogP contribution is 2.34. The molecule has 2 rings (SSSR count). The summed E-state index contributed by atoms with van der Waals surface area (Å²) in [5.41, 5.74) is 13.5. The standard InChI is InChI=1S/C11H14N2O2/c1-2-9(13)10-7-4-3-6(12)5-8(7)11(14)15-10/h3-5,9-10H,2,12-13H2,1H3. The second-order valence-corrected chi connectivity index (χ2v) is 3.74. The number of hydrogen-bond acceptors (Lipinski definition) is 4. The van der Waals surface area contributed by atoms with E-state index in [1.807, 2.05) is 13.0 Å². The molecule has 0 saturated carbocycles. The zero-order valence-corrected chi connectivity index (χ0v) is 8.57. The number of nitrogen functional groups attached to an aromatic ring is 1. The number of ether oxygens (including phenoxy) is 1. The van der Waals surface area contributed by atoms with E-state index in [1.54, 1.807) is 12.1 Å². The highest BCUT2D eigenvalue weighted by Gasteiger charge is 2.34. The molecule has 0 fully saturated rings. The SMILES string of the molecule is CCC(N)C1OC(=O)c2cc(N)ccc21. The predicted octanol–water partition coefficient (Wildman–Crippen LogP) is 1.22. The fourth-order valence-electron chi connectivity index (χ4n) is 1.77. The van der Waals surface area contributed by atoms with Crippen LogP contribution in [0, 0.1) is 0 Å². The van der Waals surface area contributed by atoms with Gasteiger partial charge in [0.1, 0.15) is 6.10 Å². The number of cyclic esters (lactones) is 1. The van der Waals surface area contributed by atoms with Crippen molar-refractivity contribution in [1.29, 1.82) is 0 Å². The van der Waals surface area contributed by atoms with Gasteiger partial charge in [-0.1, -0.05) is 13.0 Å². The molecule has 4 N–H and O–H groups in total. The summed E-state index contributed by atoms with van der Waals surface area (Å²) in [5, 5.41) is 0. The van der Waals surface area contributed by atoms with Crippen molar-refractivity contribution in [3.05, 3.63) is 29.3 Å². The molecular formula is C11H14N2O2. The number of carbonyl (C=O) groups is 1. The molecule has 0 aliphatic carbocycles. The molecule has 2 atom stereocenters. The van der Waals surface area contributed by atoms with Gasteiger partial charge in [-0.25, -0.2) is 4.79 Å². The fraction of sp³-hybridized carbons (Fsp3) is 0.364. The lowest BCUT2D eigenvalue weighted by atomic mass is 9.98. The number of fused-ring (bicyclic) bond motifs is 1. The zero-order chi connectivity index (χ0) is 11.0. The summed E-state index contributed by atoms with van der Waals surface area (Å²) in [6.45, 7) is 1.97. The van der Waals surface area contributed by atoms with E-state index in [2.05, 4.69) is 0 Å². The van der Waals surface area contributed by atoms with Gasteiger partial charge in [0.15, 0.2) is 0 Å². The first kappa shape index (κ1) is 9.98. The molecule has 0 aromatic heterocycles. The third-order valence-electron chi connectivity index (χ3n) is 2.70. The van der Waals surface area contributed by atoms with Crippen LogP contribution in [0.5, 0.6) is 0 Å². The molecule has 1 heterocycles. The van der Waals surface area contributed by atoms with Crippen LogP contribution in [0.1, 0.15) is 35.4 Å². The molecule has 15 heavy (non-hydrogen) atoms. The van der Waals surface area contributed by atoms with E-state index in [4.69, 9.17) is 16.2 Å². The summed E-state index contributed by atoms with van der Waals surface area (Å²) < 4.78 is 5.22. The van der Waals surface area contributed by atoms with E-state index >= 15 is 0 Å². The topological polar surface area (TPSA) is 78.3 Å². The maximum Gasteiger partial charge on any atom is 0.339 e. The molecule has 1 aromatic rings. The van der Waals surface area contributed by atoms with Crippen molar-refractivity contribution in [2.75, 3.05) is 5.73 Å². The Morgan fingerprint density at radius 3 is 2.93 bits per heavy atom. The molecule has 80 valence electrons. The van der Waals surface area contributed by atoms with Gasteiger partial charge in [-0.15, -0.1) is 0 Å².